The van der Waals surface area contributed by atoms with Crippen LogP contribution in [0.25, 0.3) is 11.0 Å². The zero-order valence-electron chi connectivity index (χ0n) is 23.0. The van der Waals surface area contributed by atoms with Crippen LogP contribution >= 0.6 is 0 Å². The van der Waals surface area contributed by atoms with Crippen LogP contribution < -0.4 is 5.43 Å². The largest absolute Gasteiger partial charge is 0.464 e. The van der Waals surface area contributed by atoms with Crippen molar-refractivity contribution in [2.75, 3.05) is 67.5 Å². The standard InChI is InChI=1S/C28H39NO10/c1-5-37-28-19(10-12-35-14-15-36-13-11-30)21(22-18-38-23-9-7-6-8-20(23)26(22)31)16-24(39-28)27(32)29(2)17-25(33-3)34-4/h6-9,16,18-19,21,25,28,30H,5,10-15,17H2,1-4H3/t19-,21-,28+/m0/s1. The first kappa shape index (κ1) is 30.7. The van der Waals surface area contributed by atoms with Crippen molar-refractivity contribution >= 4 is 16.9 Å². The van der Waals surface area contributed by atoms with E-state index in [4.69, 9.17) is 37.9 Å². The number of aliphatic hydroxyl groups excluding tert-OH is 1. The Kier molecular flexibility index (Phi) is 12.4. The summed E-state index contributed by atoms with van der Waals surface area (Å²) < 4.78 is 39.3. The van der Waals surface area contributed by atoms with Crippen molar-refractivity contribution in [3.05, 3.63) is 58.2 Å². The SMILES string of the molecule is CCO[C@@H]1OC(C(=O)N(C)CC(OC)OC)=C[C@H](c2coc3ccccc3c2=O)[C@@H]1CCOCCOCCO. The van der Waals surface area contributed by atoms with Crippen LogP contribution in [-0.2, 0) is 33.2 Å². The Morgan fingerprint density at radius 1 is 1.10 bits per heavy atom. The molecule has 1 aliphatic rings. The number of carbonyl (C=O) groups is 1. The number of para-hydroxylation sites is 1. The summed E-state index contributed by atoms with van der Waals surface area (Å²) in [6.07, 6.45) is 2.18. The lowest BCUT2D eigenvalue weighted by atomic mass is 9.81. The van der Waals surface area contributed by atoms with Gasteiger partial charge in [-0.15, -0.1) is 0 Å². The number of amides is 1. The van der Waals surface area contributed by atoms with Crippen molar-refractivity contribution in [2.45, 2.75) is 31.8 Å². The summed E-state index contributed by atoms with van der Waals surface area (Å²) in [6.45, 7) is 3.58. The first-order chi connectivity index (χ1) is 18.9. The van der Waals surface area contributed by atoms with Crippen molar-refractivity contribution in [2.24, 2.45) is 5.92 Å². The number of methoxy groups -OCH3 is 2. The number of fused-ring (bicyclic) bond motifs is 1. The zero-order valence-corrected chi connectivity index (χ0v) is 23.0. The van der Waals surface area contributed by atoms with Gasteiger partial charge in [-0.1, -0.05) is 12.1 Å². The van der Waals surface area contributed by atoms with Gasteiger partial charge in [-0.05, 0) is 31.6 Å². The second kappa shape index (κ2) is 15.7. The normalized spacial score (nSPS) is 19.2. The molecule has 0 saturated carbocycles. The molecule has 2 heterocycles. The average Bonchev–Trinajstić information content (AvgIpc) is 2.95. The molecule has 0 saturated heterocycles. The predicted molar refractivity (Wildman–Crippen MR) is 142 cm³/mol. The van der Waals surface area contributed by atoms with Gasteiger partial charge in [0.2, 0.25) is 6.29 Å². The molecule has 11 nitrogen and oxygen atoms in total. The third-order valence-corrected chi connectivity index (χ3v) is 6.49. The van der Waals surface area contributed by atoms with E-state index in [0.29, 0.717) is 49.4 Å². The van der Waals surface area contributed by atoms with E-state index in [0.717, 1.165) is 0 Å². The molecule has 1 N–H and O–H groups in total. The molecule has 216 valence electrons. The molecule has 1 amide bonds. The lowest BCUT2D eigenvalue weighted by Crippen LogP contribution is -2.42. The van der Waals surface area contributed by atoms with E-state index < -0.39 is 24.4 Å². The molecule has 2 aromatic rings. The summed E-state index contributed by atoms with van der Waals surface area (Å²) in [5, 5.41) is 9.29. The van der Waals surface area contributed by atoms with Crippen molar-refractivity contribution < 1.29 is 42.7 Å². The van der Waals surface area contributed by atoms with Crippen molar-refractivity contribution in [3.8, 4) is 0 Å². The van der Waals surface area contributed by atoms with Gasteiger partial charge in [-0.25, -0.2) is 0 Å². The topological polar surface area (TPSA) is 126 Å². The van der Waals surface area contributed by atoms with Gasteiger partial charge in [-0.3, -0.25) is 9.59 Å². The van der Waals surface area contributed by atoms with E-state index in [1.807, 2.05) is 6.92 Å². The summed E-state index contributed by atoms with van der Waals surface area (Å²) in [4.78, 5) is 28.4. The zero-order chi connectivity index (χ0) is 28.2. The van der Waals surface area contributed by atoms with Crippen LogP contribution in [0, 0.1) is 5.92 Å². The maximum atomic E-state index is 13.6. The predicted octanol–water partition coefficient (Wildman–Crippen LogP) is 2.26. The van der Waals surface area contributed by atoms with Gasteiger partial charge < -0.3 is 42.8 Å². The van der Waals surface area contributed by atoms with E-state index >= 15 is 0 Å². The first-order valence-electron chi connectivity index (χ1n) is 13.0. The Labute approximate surface area is 228 Å². The molecule has 1 aromatic carbocycles. The quantitative estimate of drug-likeness (QED) is 0.246. The molecule has 3 atom stereocenters. The Morgan fingerprint density at radius 3 is 2.51 bits per heavy atom. The smallest absolute Gasteiger partial charge is 0.288 e. The minimum absolute atomic E-state index is 0.0500. The maximum absolute atomic E-state index is 13.6. The Bertz CT molecular complexity index is 1130. The molecule has 1 aromatic heterocycles. The van der Waals surface area contributed by atoms with Crippen LogP contribution in [0.3, 0.4) is 0 Å². The molecule has 39 heavy (non-hydrogen) atoms. The molecule has 3 rings (SSSR count). The van der Waals surface area contributed by atoms with Crippen LogP contribution in [0.2, 0.25) is 0 Å². The molecule has 0 aliphatic carbocycles. The van der Waals surface area contributed by atoms with Gasteiger partial charge in [-0.2, -0.15) is 0 Å². The number of likely N-dealkylation sites (N-methyl/N-ethyl adjacent to an activating group) is 1. The highest BCUT2D eigenvalue weighted by atomic mass is 16.7. The second-order valence-electron chi connectivity index (χ2n) is 9.00. The summed E-state index contributed by atoms with van der Waals surface area (Å²) in [6, 6.07) is 7.03. The van der Waals surface area contributed by atoms with E-state index in [1.54, 1.807) is 37.4 Å². The summed E-state index contributed by atoms with van der Waals surface area (Å²) in [5.74, 6) is -1.22. The van der Waals surface area contributed by atoms with Gasteiger partial charge in [0.1, 0.15) is 5.58 Å². The van der Waals surface area contributed by atoms with E-state index in [1.165, 1.54) is 25.4 Å². The Morgan fingerprint density at radius 2 is 1.82 bits per heavy atom. The number of aliphatic hydroxyl groups is 1. The van der Waals surface area contributed by atoms with Gasteiger partial charge in [0.05, 0.1) is 44.6 Å². The third-order valence-electron chi connectivity index (χ3n) is 6.49. The van der Waals surface area contributed by atoms with Crippen molar-refractivity contribution in [1.29, 1.82) is 0 Å². The molecule has 0 radical (unpaired) electrons. The monoisotopic (exact) mass is 549 g/mol. The highest BCUT2D eigenvalue weighted by molar-refractivity contribution is 5.91. The van der Waals surface area contributed by atoms with Crippen molar-refractivity contribution in [3.63, 3.8) is 0 Å². The van der Waals surface area contributed by atoms with Gasteiger partial charge >= 0.3 is 0 Å². The lowest BCUT2D eigenvalue weighted by molar-refractivity contribution is -0.174. The second-order valence-corrected chi connectivity index (χ2v) is 9.00. The number of nitrogens with zero attached hydrogens (tertiary/aromatic N) is 1. The van der Waals surface area contributed by atoms with Crippen LogP contribution in [0.4, 0.5) is 0 Å². The molecule has 0 bridgehead atoms. The number of benzene rings is 1. The fraction of sp³-hybridized carbons (Fsp3) is 0.571. The number of carbonyl (C=O) groups excluding carboxylic acids is 1. The Balaban J connectivity index is 1.93. The molecular formula is C28H39NO10. The van der Waals surface area contributed by atoms with Crippen LogP contribution in [0.1, 0.15) is 24.8 Å². The van der Waals surface area contributed by atoms with Crippen LogP contribution in [0.15, 0.2) is 51.6 Å². The van der Waals surface area contributed by atoms with Gasteiger partial charge in [0, 0.05) is 51.9 Å². The number of ether oxygens (including phenoxy) is 6. The van der Waals surface area contributed by atoms with Crippen molar-refractivity contribution in [1.82, 2.24) is 4.90 Å². The molecule has 11 heteroatoms. The molecule has 0 fully saturated rings. The minimum atomic E-state index is -0.807. The molecule has 0 unspecified atom stereocenters. The lowest BCUT2D eigenvalue weighted by Gasteiger charge is -2.37. The highest BCUT2D eigenvalue weighted by Crippen LogP contribution is 2.38. The number of rotatable bonds is 16. The minimum Gasteiger partial charge on any atom is -0.464 e. The third kappa shape index (κ3) is 8.10. The molecule has 1 aliphatic heterocycles. The molecular weight excluding hydrogens is 510 g/mol. The van der Waals surface area contributed by atoms with E-state index in [9.17, 15) is 9.59 Å². The number of hydrogen-bond acceptors (Lipinski definition) is 10. The maximum Gasteiger partial charge on any atom is 0.288 e. The average molecular weight is 550 g/mol. The number of allylic oxidation sites excluding steroid dienone is 1. The van der Waals surface area contributed by atoms with E-state index in [2.05, 4.69) is 0 Å². The van der Waals surface area contributed by atoms with Crippen LogP contribution in [0.5, 0.6) is 0 Å². The number of hydrogen-bond donors (Lipinski definition) is 1. The molecule has 0 spiro atoms. The fourth-order valence-corrected chi connectivity index (χ4v) is 4.46. The summed E-state index contributed by atoms with van der Waals surface area (Å²) >= 11 is 0. The van der Waals surface area contributed by atoms with Gasteiger partial charge in [0.25, 0.3) is 5.91 Å². The summed E-state index contributed by atoms with van der Waals surface area (Å²) in [5.41, 5.74) is 0.697. The summed E-state index contributed by atoms with van der Waals surface area (Å²) in [7, 11) is 4.61. The first-order valence-corrected chi connectivity index (χ1v) is 13.0. The van der Waals surface area contributed by atoms with Crippen LogP contribution in [-0.4, -0.2) is 95.9 Å². The fourth-order valence-electron chi connectivity index (χ4n) is 4.46. The highest BCUT2D eigenvalue weighted by Gasteiger charge is 2.40. The Hall–Kier alpha value is -2.80. The van der Waals surface area contributed by atoms with Gasteiger partial charge in [0.15, 0.2) is 17.5 Å². The van der Waals surface area contributed by atoms with E-state index in [-0.39, 0.29) is 36.9 Å².